The van der Waals surface area contributed by atoms with Crippen LogP contribution in [0.25, 0.3) is 0 Å². The van der Waals surface area contributed by atoms with Crippen LogP contribution in [0.4, 0.5) is 5.69 Å². The van der Waals surface area contributed by atoms with E-state index in [-0.39, 0.29) is 11.5 Å². The normalized spacial score (nSPS) is 11.1. The number of carbonyl (C=O) groups is 1. The molecular weight excluding hydrogens is 382 g/mol. The van der Waals surface area contributed by atoms with Gasteiger partial charge in [-0.05, 0) is 71.7 Å². The first-order valence-corrected chi connectivity index (χ1v) is 9.17. The topological polar surface area (TPSA) is 72.5 Å². The second kappa shape index (κ2) is 7.14. The smallest absolute Gasteiger partial charge is 0.338 e. The Kier molecular flexibility index (Phi) is 5.43. The summed E-state index contributed by atoms with van der Waals surface area (Å²) in [5.74, 6) is -0.481. The van der Waals surface area contributed by atoms with Gasteiger partial charge in [0.05, 0.1) is 22.8 Å². The van der Waals surface area contributed by atoms with Crippen molar-refractivity contribution in [2.24, 2.45) is 0 Å². The molecule has 0 aromatic heterocycles. The molecule has 0 aliphatic heterocycles. The van der Waals surface area contributed by atoms with Crippen LogP contribution in [0.2, 0.25) is 0 Å². The lowest BCUT2D eigenvalue weighted by Gasteiger charge is -2.11. The summed E-state index contributed by atoms with van der Waals surface area (Å²) in [5, 5.41) is 0. The number of anilines is 1. The molecule has 23 heavy (non-hydrogen) atoms. The maximum atomic E-state index is 12.4. The van der Waals surface area contributed by atoms with Crippen LogP contribution in [-0.2, 0) is 14.8 Å². The average molecular weight is 398 g/mol. The fraction of sp³-hybridized carbons (Fsp3) is 0.188. The maximum absolute atomic E-state index is 12.4. The van der Waals surface area contributed by atoms with Crippen LogP contribution in [0.15, 0.2) is 51.8 Å². The first kappa shape index (κ1) is 17.5. The van der Waals surface area contributed by atoms with Crippen molar-refractivity contribution in [1.82, 2.24) is 0 Å². The number of benzene rings is 2. The molecule has 0 amide bonds. The van der Waals surface area contributed by atoms with E-state index in [9.17, 15) is 13.2 Å². The summed E-state index contributed by atoms with van der Waals surface area (Å²) in [5.41, 5.74) is 1.77. The highest BCUT2D eigenvalue weighted by atomic mass is 79.9. The second-order valence-electron chi connectivity index (χ2n) is 4.83. The molecule has 0 spiro atoms. The molecule has 122 valence electrons. The summed E-state index contributed by atoms with van der Waals surface area (Å²) in [6.45, 7) is 3.89. The summed E-state index contributed by atoms with van der Waals surface area (Å²) in [7, 11) is -3.74. The van der Waals surface area contributed by atoms with Gasteiger partial charge >= 0.3 is 5.97 Å². The Balaban J connectivity index is 2.24. The van der Waals surface area contributed by atoms with E-state index in [1.165, 1.54) is 24.3 Å². The van der Waals surface area contributed by atoms with Crippen LogP contribution >= 0.6 is 15.9 Å². The number of rotatable bonds is 5. The van der Waals surface area contributed by atoms with Crippen molar-refractivity contribution in [2.75, 3.05) is 11.3 Å². The standard InChI is InChI=1S/C16H16BrNO4S/c1-3-22-16(19)12-5-7-13(8-6-12)23(20,21)18-15-9-4-11(2)10-14(15)17/h4-10,18H,3H2,1-2H3. The predicted molar refractivity (Wildman–Crippen MR) is 92.1 cm³/mol. The van der Waals surface area contributed by atoms with Crippen molar-refractivity contribution < 1.29 is 17.9 Å². The SMILES string of the molecule is CCOC(=O)c1ccc(S(=O)(=O)Nc2ccc(C)cc2Br)cc1. The Morgan fingerprint density at radius 1 is 1.17 bits per heavy atom. The van der Waals surface area contributed by atoms with Crippen molar-refractivity contribution >= 4 is 37.6 Å². The molecule has 0 aliphatic rings. The first-order valence-electron chi connectivity index (χ1n) is 6.89. The minimum absolute atomic E-state index is 0.0676. The predicted octanol–water partition coefficient (Wildman–Crippen LogP) is 3.74. The summed E-state index contributed by atoms with van der Waals surface area (Å²) in [4.78, 5) is 11.6. The van der Waals surface area contributed by atoms with Crippen LogP contribution in [0.3, 0.4) is 0 Å². The van der Waals surface area contributed by atoms with Crippen molar-refractivity contribution in [2.45, 2.75) is 18.7 Å². The lowest BCUT2D eigenvalue weighted by Crippen LogP contribution is -2.14. The fourth-order valence-electron chi connectivity index (χ4n) is 1.89. The summed E-state index contributed by atoms with van der Waals surface area (Å²) in [6, 6.07) is 10.9. The van der Waals surface area contributed by atoms with Crippen LogP contribution in [0.5, 0.6) is 0 Å². The molecule has 0 radical (unpaired) electrons. The van der Waals surface area contributed by atoms with Gasteiger partial charge in [-0.25, -0.2) is 13.2 Å². The van der Waals surface area contributed by atoms with Gasteiger partial charge in [-0.1, -0.05) is 6.07 Å². The molecule has 0 heterocycles. The number of sulfonamides is 1. The third kappa shape index (κ3) is 4.33. The largest absolute Gasteiger partial charge is 0.462 e. The van der Waals surface area contributed by atoms with Crippen LogP contribution in [0.1, 0.15) is 22.8 Å². The van der Waals surface area contributed by atoms with Gasteiger partial charge in [-0.15, -0.1) is 0 Å². The molecule has 7 heteroatoms. The number of esters is 1. The number of ether oxygens (including phenoxy) is 1. The van der Waals surface area contributed by atoms with E-state index < -0.39 is 16.0 Å². The minimum Gasteiger partial charge on any atom is -0.462 e. The number of carbonyl (C=O) groups excluding carboxylic acids is 1. The molecule has 0 saturated heterocycles. The van der Waals surface area contributed by atoms with E-state index >= 15 is 0 Å². The van der Waals surface area contributed by atoms with Crippen LogP contribution in [0, 0.1) is 6.92 Å². The van der Waals surface area contributed by atoms with E-state index in [1.54, 1.807) is 13.0 Å². The van der Waals surface area contributed by atoms with Crippen molar-refractivity contribution in [3.63, 3.8) is 0 Å². The number of hydrogen-bond donors (Lipinski definition) is 1. The Bertz CT molecular complexity index is 816. The molecule has 1 N–H and O–H groups in total. The third-order valence-electron chi connectivity index (χ3n) is 3.04. The quantitative estimate of drug-likeness (QED) is 0.779. The Labute approximate surface area is 143 Å². The zero-order valence-electron chi connectivity index (χ0n) is 12.7. The minimum atomic E-state index is -3.74. The molecular formula is C16H16BrNO4S. The molecule has 0 atom stereocenters. The first-order chi connectivity index (χ1) is 10.8. The number of halogens is 1. The molecule has 2 aromatic rings. The van der Waals surface area contributed by atoms with Gasteiger partial charge in [0.2, 0.25) is 0 Å². The summed E-state index contributed by atoms with van der Waals surface area (Å²) < 4.78 is 32.8. The van der Waals surface area contributed by atoms with Gasteiger partial charge in [-0.3, -0.25) is 4.72 Å². The molecule has 0 fully saturated rings. The van der Waals surface area contributed by atoms with Gasteiger partial charge in [0.15, 0.2) is 0 Å². The summed E-state index contributed by atoms with van der Waals surface area (Å²) >= 11 is 3.33. The van der Waals surface area contributed by atoms with Crippen LogP contribution < -0.4 is 4.72 Å². The van der Waals surface area contributed by atoms with E-state index in [2.05, 4.69) is 20.7 Å². The van der Waals surface area contributed by atoms with Crippen molar-refractivity contribution in [3.8, 4) is 0 Å². The lowest BCUT2D eigenvalue weighted by atomic mass is 10.2. The van der Waals surface area contributed by atoms with Crippen LogP contribution in [-0.4, -0.2) is 21.0 Å². The third-order valence-corrected chi connectivity index (χ3v) is 5.08. The maximum Gasteiger partial charge on any atom is 0.338 e. The van der Waals surface area contributed by atoms with Gasteiger partial charge in [0.1, 0.15) is 0 Å². The number of hydrogen-bond acceptors (Lipinski definition) is 4. The molecule has 0 aliphatic carbocycles. The van der Waals surface area contributed by atoms with E-state index in [0.717, 1.165) is 5.56 Å². The van der Waals surface area contributed by atoms with E-state index in [1.807, 2.05) is 19.1 Å². The molecule has 2 aromatic carbocycles. The Hall–Kier alpha value is -1.86. The zero-order chi connectivity index (χ0) is 17.0. The fourth-order valence-corrected chi connectivity index (χ4v) is 3.69. The van der Waals surface area contributed by atoms with Gasteiger partial charge in [-0.2, -0.15) is 0 Å². The van der Waals surface area contributed by atoms with E-state index in [0.29, 0.717) is 15.7 Å². The van der Waals surface area contributed by atoms with Crippen molar-refractivity contribution in [1.29, 1.82) is 0 Å². The second-order valence-corrected chi connectivity index (χ2v) is 7.37. The average Bonchev–Trinajstić information content (AvgIpc) is 2.50. The van der Waals surface area contributed by atoms with E-state index in [4.69, 9.17) is 4.74 Å². The molecule has 0 bridgehead atoms. The highest BCUT2D eigenvalue weighted by Gasteiger charge is 2.16. The highest BCUT2D eigenvalue weighted by Crippen LogP contribution is 2.26. The molecule has 5 nitrogen and oxygen atoms in total. The Morgan fingerprint density at radius 3 is 2.39 bits per heavy atom. The van der Waals surface area contributed by atoms with Gasteiger partial charge in [0.25, 0.3) is 10.0 Å². The van der Waals surface area contributed by atoms with Gasteiger partial charge < -0.3 is 4.74 Å². The number of aryl methyl sites for hydroxylation is 1. The monoisotopic (exact) mass is 397 g/mol. The Morgan fingerprint density at radius 2 is 1.83 bits per heavy atom. The highest BCUT2D eigenvalue weighted by molar-refractivity contribution is 9.10. The molecule has 0 saturated carbocycles. The number of nitrogens with one attached hydrogen (secondary N) is 1. The van der Waals surface area contributed by atoms with Crippen molar-refractivity contribution in [3.05, 3.63) is 58.1 Å². The summed E-state index contributed by atoms with van der Waals surface area (Å²) in [6.07, 6.45) is 0. The lowest BCUT2D eigenvalue weighted by molar-refractivity contribution is 0.0526. The molecule has 0 unspecified atom stereocenters. The van der Waals surface area contributed by atoms with Gasteiger partial charge in [0, 0.05) is 4.47 Å². The zero-order valence-corrected chi connectivity index (χ0v) is 15.1. The molecule has 2 rings (SSSR count).